The third kappa shape index (κ3) is 40.8. The summed E-state index contributed by atoms with van der Waals surface area (Å²) >= 11 is 0. The van der Waals surface area contributed by atoms with Crippen molar-refractivity contribution in [1.82, 2.24) is 0 Å². The van der Waals surface area contributed by atoms with Crippen LogP contribution in [0.1, 0.15) is 251 Å². The molecule has 0 aromatic heterocycles. The molecule has 0 rings (SSSR count). The Hall–Kier alpha value is -1.58. The second kappa shape index (κ2) is 41.8. The number of carbonyl (C=O) groups excluding carboxylic acids is 1. The molecule has 0 aromatic rings. The van der Waals surface area contributed by atoms with Gasteiger partial charge in [0, 0.05) is 12.8 Å². The maximum atomic E-state index is 12.6. The fraction of sp³-hybridized carbons (Fsp3) is 0.870. The van der Waals surface area contributed by atoms with E-state index in [2.05, 4.69) is 38.2 Å². The summed E-state index contributed by atoms with van der Waals surface area (Å²) in [6.45, 7) is 4.48. The molecule has 0 aliphatic heterocycles. The van der Waals surface area contributed by atoms with Gasteiger partial charge in [-0.3, -0.25) is 9.59 Å². The summed E-state index contributed by atoms with van der Waals surface area (Å²) in [4.78, 5) is 23.1. The molecule has 294 valence electrons. The van der Waals surface area contributed by atoms with E-state index in [9.17, 15) is 9.59 Å². The fourth-order valence-electron chi connectivity index (χ4n) is 6.85. The Labute approximate surface area is 312 Å². The molecule has 0 fully saturated rings. The molecule has 1 unspecified atom stereocenters. The van der Waals surface area contributed by atoms with Gasteiger partial charge < -0.3 is 9.84 Å². The van der Waals surface area contributed by atoms with Crippen LogP contribution in [-0.4, -0.2) is 23.1 Å². The monoisotopic (exact) mass is 703 g/mol. The zero-order chi connectivity index (χ0) is 36.4. The zero-order valence-corrected chi connectivity index (χ0v) is 33.7. The van der Waals surface area contributed by atoms with Gasteiger partial charge in [0.15, 0.2) is 0 Å². The molecule has 0 radical (unpaired) electrons. The summed E-state index contributed by atoms with van der Waals surface area (Å²) in [7, 11) is 0. The Balaban J connectivity index is 3.58. The van der Waals surface area contributed by atoms with Crippen molar-refractivity contribution in [2.24, 2.45) is 0 Å². The van der Waals surface area contributed by atoms with E-state index in [1.165, 1.54) is 167 Å². The number of carbonyl (C=O) groups is 2. The van der Waals surface area contributed by atoms with E-state index in [1.54, 1.807) is 0 Å². The zero-order valence-electron chi connectivity index (χ0n) is 33.7. The highest BCUT2D eigenvalue weighted by molar-refractivity contribution is 5.69. The van der Waals surface area contributed by atoms with Gasteiger partial charge in [-0.25, -0.2) is 0 Å². The van der Waals surface area contributed by atoms with E-state index >= 15 is 0 Å². The van der Waals surface area contributed by atoms with Crippen LogP contribution in [0.15, 0.2) is 24.3 Å². The van der Waals surface area contributed by atoms with E-state index in [4.69, 9.17) is 9.84 Å². The molecule has 1 atom stereocenters. The summed E-state index contributed by atoms with van der Waals surface area (Å²) in [5.41, 5.74) is 0. The van der Waals surface area contributed by atoms with Crippen molar-refractivity contribution in [1.29, 1.82) is 0 Å². The lowest BCUT2D eigenvalue weighted by Crippen LogP contribution is -2.18. The molecule has 0 bridgehead atoms. The Morgan fingerprint density at radius 2 is 0.800 bits per heavy atom. The molecule has 0 spiro atoms. The molecule has 0 aliphatic carbocycles. The molecule has 0 heterocycles. The lowest BCUT2D eigenvalue weighted by atomic mass is 10.0. The summed E-state index contributed by atoms with van der Waals surface area (Å²) in [6, 6.07) is 0. The Morgan fingerprint density at radius 3 is 1.24 bits per heavy atom. The number of rotatable bonds is 41. The quantitative estimate of drug-likeness (QED) is 0.0391. The standard InChI is InChI=1S/C46H86O4/c1-3-5-7-8-9-10-11-12-13-14-15-16-17-18-19-24-27-30-33-36-39-43-46(49)50-44(40-6-4-2)41-37-34-31-28-25-22-20-21-23-26-29-32-35-38-42-45(47)48/h9-10,12-13,44H,3-8,11,14-43H2,1-2H3,(H,47,48)/b10-9-,13-12-. The van der Waals surface area contributed by atoms with Crippen molar-refractivity contribution < 1.29 is 19.4 Å². The molecule has 0 aromatic carbocycles. The summed E-state index contributed by atoms with van der Waals surface area (Å²) in [5.74, 6) is -0.629. The van der Waals surface area contributed by atoms with Crippen LogP contribution in [0.3, 0.4) is 0 Å². The normalized spacial score (nSPS) is 12.4. The Morgan fingerprint density at radius 1 is 0.440 bits per heavy atom. The molecule has 0 saturated carbocycles. The Bertz CT molecular complexity index is 757. The van der Waals surface area contributed by atoms with Gasteiger partial charge in [-0.1, -0.05) is 199 Å². The van der Waals surface area contributed by atoms with Gasteiger partial charge in [0.05, 0.1) is 0 Å². The number of aliphatic carboxylic acids is 1. The molecule has 0 aliphatic rings. The number of unbranched alkanes of at least 4 members (excludes halogenated alkanes) is 28. The SMILES string of the molecule is CCCCC/C=C\C/C=C\CCCCCCCCCCCCCC(=O)OC(CCCC)CCCCCCCCCCCCCCCCC(=O)O. The highest BCUT2D eigenvalue weighted by Crippen LogP contribution is 2.18. The van der Waals surface area contributed by atoms with Crippen molar-refractivity contribution >= 4 is 11.9 Å². The first-order valence-corrected chi connectivity index (χ1v) is 22.3. The van der Waals surface area contributed by atoms with Gasteiger partial charge in [0.25, 0.3) is 0 Å². The van der Waals surface area contributed by atoms with E-state index < -0.39 is 5.97 Å². The highest BCUT2D eigenvalue weighted by Gasteiger charge is 2.14. The predicted molar refractivity (Wildman–Crippen MR) is 218 cm³/mol. The van der Waals surface area contributed by atoms with Gasteiger partial charge in [-0.15, -0.1) is 0 Å². The van der Waals surface area contributed by atoms with Crippen molar-refractivity contribution in [2.45, 2.75) is 258 Å². The first-order valence-electron chi connectivity index (χ1n) is 22.3. The van der Waals surface area contributed by atoms with Crippen LogP contribution in [0.25, 0.3) is 0 Å². The minimum absolute atomic E-state index is 0.0365. The first kappa shape index (κ1) is 48.4. The van der Waals surface area contributed by atoms with E-state index in [0.29, 0.717) is 12.8 Å². The minimum Gasteiger partial charge on any atom is -0.481 e. The lowest BCUT2D eigenvalue weighted by Gasteiger charge is -2.18. The summed E-state index contributed by atoms with van der Waals surface area (Å²) in [5, 5.41) is 8.68. The third-order valence-corrected chi connectivity index (χ3v) is 10.2. The van der Waals surface area contributed by atoms with Crippen LogP contribution >= 0.6 is 0 Å². The second-order valence-electron chi connectivity index (χ2n) is 15.2. The number of hydrogen-bond acceptors (Lipinski definition) is 3. The molecule has 4 nitrogen and oxygen atoms in total. The molecule has 1 N–H and O–H groups in total. The van der Waals surface area contributed by atoms with Crippen LogP contribution in [-0.2, 0) is 14.3 Å². The highest BCUT2D eigenvalue weighted by atomic mass is 16.5. The van der Waals surface area contributed by atoms with Crippen LogP contribution in [0.4, 0.5) is 0 Å². The van der Waals surface area contributed by atoms with Crippen molar-refractivity contribution in [3.8, 4) is 0 Å². The lowest BCUT2D eigenvalue weighted by molar-refractivity contribution is -0.150. The van der Waals surface area contributed by atoms with Crippen molar-refractivity contribution in [2.75, 3.05) is 0 Å². The summed E-state index contributed by atoms with van der Waals surface area (Å²) in [6.07, 6.45) is 54.1. The minimum atomic E-state index is -0.665. The van der Waals surface area contributed by atoms with E-state index in [1.807, 2.05) is 0 Å². The van der Waals surface area contributed by atoms with Crippen molar-refractivity contribution in [3.63, 3.8) is 0 Å². The molecular weight excluding hydrogens is 617 g/mol. The van der Waals surface area contributed by atoms with Gasteiger partial charge in [0.2, 0.25) is 0 Å². The number of esters is 1. The van der Waals surface area contributed by atoms with Gasteiger partial charge >= 0.3 is 11.9 Å². The average molecular weight is 703 g/mol. The smallest absolute Gasteiger partial charge is 0.306 e. The molecule has 4 heteroatoms. The van der Waals surface area contributed by atoms with Crippen molar-refractivity contribution in [3.05, 3.63) is 24.3 Å². The summed E-state index contributed by atoms with van der Waals surface area (Å²) < 4.78 is 5.96. The van der Waals surface area contributed by atoms with E-state index in [-0.39, 0.29) is 12.1 Å². The molecular formula is C46H86O4. The maximum absolute atomic E-state index is 12.6. The molecule has 0 amide bonds. The number of allylic oxidation sites excluding steroid dienone is 4. The largest absolute Gasteiger partial charge is 0.481 e. The van der Waals surface area contributed by atoms with Crippen LogP contribution < -0.4 is 0 Å². The second-order valence-corrected chi connectivity index (χ2v) is 15.2. The topological polar surface area (TPSA) is 63.6 Å². The first-order chi connectivity index (χ1) is 24.6. The molecule has 0 saturated heterocycles. The fourth-order valence-corrected chi connectivity index (χ4v) is 6.85. The van der Waals surface area contributed by atoms with E-state index in [0.717, 1.165) is 57.8 Å². The number of carboxylic acid groups (broad SMARTS) is 1. The number of ether oxygens (including phenoxy) is 1. The molecule has 50 heavy (non-hydrogen) atoms. The predicted octanol–water partition coefficient (Wildman–Crippen LogP) is 15.6. The van der Waals surface area contributed by atoms with Crippen LogP contribution in [0.5, 0.6) is 0 Å². The van der Waals surface area contributed by atoms with Crippen LogP contribution in [0, 0.1) is 0 Å². The van der Waals surface area contributed by atoms with Gasteiger partial charge in [0.1, 0.15) is 6.10 Å². The number of hydrogen-bond donors (Lipinski definition) is 1. The Kier molecular flexibility index (Phi) is 40.5. The average Bonchev–Trinajstić information content (AvgIpc) is 3.10. The van der Waals surface area contributed by atoms with Gasteiger partial charge in [-0.2, -0.15) is 0 Å². The third-order valence-electron chi connectivity index (χ3n) is 10.2. The van der Waals surface area contributed by atoms with Gasteiger partial charge in [-0.05, 0) is 64.2 Å². The maximum Gasteiger partial charge on any atom is 0.306 e. The number of carboxylic acids is 1. The van der Waals surface area contributed by atoms with Crippen LogP contribution in [0.2, 0.25) is 0 Å².